The first-order valence-electron chi connectivity index (χ1n) is 15.9. The van der Waals surface area contributed by atoms with Crippen LogP contribution in [-0.2, 0) is 0 Å². The third-order valence-electron chi connectivity index (χ3n) is 8.50. The highest BCUT2D eigenvalue weighted by atomic mass is 79.9. The van der Waals surface area contributed by atoms with Gasteiger partial charge in [-0.2, -0.15) is 0 Å². The van der Waals surface area contributed by atoms with E-state index >= 15 is 0 Å². The first-order chi connectivity index (χ1) is 25.1. The summed E-state index contributed by atoms with van der Waals surface area (Å²) in [6, 6.07) is 38.6. The molecule has 0 aliphatic rings. The van der Waals surface area contributed by atoms with Gasteiger partial charge in [0, 0.05) is 44.1 Å². The smallest absolute Gasteiger partial charge is 0.210 e. The Balaban J connectivity index is 0.000000162. The molecule has 4 heterocycles. The summed E-state index contributed by atoms with van der Waals surface area (Å²) in [5, 5.41) is 20.7. The van der Waals surface area contributed by atoms with Crippen molar-refractivity contribution < 1.29 is 19.8 Å². The lowest BCUT2D eigenvalue weighted by Crippen LogP contribution is -2.06. The number of carbonyl (C=O) groups is 2. The molecule has 0 amide bonds. The van der Waals surface area contributed by atoms with Crippen molar-refractivity contribution in [3.63, 3.8) is 0 Å². The number of halogens is 4. The SMILES string of the molecule is O=C(c1ccc(O)cc1)c1c(-c2ccc(Cl)cc2)c(Cl)c2ccccn12.O=C(c1ccc(O)cc1)c1c(-c2cccc(Br)c2)c(Cl)c2ccccn12. The Labute approximate surface area is 321 Å². The Bertz CT molecular complexity index is 2610. The molecule has 52 heavy (non-hydrogen) atoms. The lowest BCUT2D eigenvalue weighted by molar-refractivity contribution is 0.102. The van der Waals surface area contributed by atoms with Crippen molar-refractivity contribution >= 4 is 73.3 Å². The number of hydrogen-bond donors (Lipinski definition) is 2. The molecule has 0 atom stereocenters. The topological polar surface area (TPSA) is 83.4 Å². The minimum absolute atomic E-state index is 0.109. The number of ketones is 2. The zero-order valence-corrected chi connectivity index (χ0v) is 30.8. The van der Waals surface area contributed by atoms with E-state index in [0.717, 1.165) is 26.6 Å². The van der Waals surface area contributed by atoms with Crippen LogP contribution < -0.4 is 0 Å². The highest BCUT2D eigenvalue weighted by Crippen LogP contribution is 2.40. The van der Waals surface area contributed by atoms with Gasteiger partial charge >= 0.3 is 0 Å². The maximum Gasteiger partial charge on any atom is 0.210 e. The maximum atomic E-state index is 13.3. The molecule has 8 aromatic rings. The van der Waals surface area contributed by atoms with Crippen LogP contribution in [0.3, 0.4) is 0 Å². The van der Waals surface area contributed by atoms with Gasteiger partial charge in [-0.05, 0) is 108 Å². The average molecular weight is 809 g/mol. The number of carbonyl (C=O) groups excluding carboxylic acids is 2. The molecule has 0 bridgehead atoms. The van der Waals surface area contributed by atoms with Gasteiger partial charge in [0.25, 0.3) is 0 Å². The second kappa shape index (κ2) is 14.7. The molecule has 0 fully saturated rings. The quantitative estimate of drug-likeness (QED) is 0.164. The molecule has 0 aliphatic carbocycles. The van der Waals surface area contributed by atoms with E-state index in [2.05, 4.69) is 15.9 Å². The number of rotatable bonds is 6. The normalized spacial score (nSPS) is 11.0. The number of phenolic OH excluding ortho intramolecular Hbond substituents is 2. The first kappa shape index (κ1) is 35.1. The minimum Gasteiger partial charge on any atom is -0.508 e. The van der Waals surface area contributed by atoms with Crippen molar-refractivity contribution in [2.45, 2.75) is 0 Å². The van der Waals surface area contributed by atoms with Gasteiger partial charge < -0.3 is 19.0 Å². The number of nitrogens with zero attached hydrogens (tertiary/aromatic N) is 2. The summed E-state index contributed by atoms with van der Waals surface area (Å²) >= 11 is 22.8. The van der Waals surface area contributed by atoms with Crippen LogP contribution in [0, 0.1) is 0 Å². The number of fused-ring (bicyclic) bond motifs is 2. The van der Waals surface area contributed by atoms with Gasteiger partial charge in [-0.3, -0.25) is 9.59 Å². The molecule has 0 aliphatic heterocycles. The Kier molecular flexibility index (Phi) is 9.95. The molecule has 4 aromatic heterocycles. The molecule has 6 nitrogen and oxygen atoms in total. The predicted octanol–water partition coefficient (Wildman–Crippen LogP) is 11.8. The number of hydrogen-bond acceptors (Lipinski definition) is 4. The molecule has 4 aromatic carbocycles. The molecule has 0 radical (unpaired) electrons. The monoisotopic (exact) mass is 806 g/mol. The maximum absolute atomic E-state index is 13.3. The Morgan fingerprint density at radius 2 is 0.981 bits per heavy atom. The van der Waals surface area contributed by atoms with Crippen molar-refractivity contribution in [3.8, 4) is 33.8 Å². The summed E-state index contributed by atoms with van der Waals surface area (Å²) < 4.78 is 4.51. The van der Waals surface area contributed by atoms with Crippen LogP contribution in [-0.4, -0.2) is 30.6 Å². The van der Waals surface area contributed by atoms with E-state index in [1.165, 1.54) is 24.3 Å². The largest absolute Gasteiger partial charge is 0.508 e. The number of benzene rings is 4. The molecule has 0 saturated heterocycles. The third kappa shape index (κ3) is 6.72. The molecular weight excluding hydrogens is 783 g/mol. The molecular formula is C42H26BrCl3N2O4. The first-order valence-corrected chi connectivity index (χ1v) is 17.8. The summed E-state index contributed by atoms with van der Waals surface area (Å²) in [5.74, 6) is -0.111. The second-order valence-corrected chi connectivity index (χ2v) is 13.9. The summed E-state index contributed by atoms with van der Waals surface area (Å²) in [5.41, 5.74) is 6.46. The highest BCUT2D eigenvalue weighted by molar-refractivity contribution is 9.10. The van der Waals surface area contributed by atoms with E-state index in [9.17, 15) is 19.8 Å². The Morgan fingerprint density at radius 3 is 1.44 bits per heavy atom. The molecule has 0 saturated carbocycles. The van der Waals surface area contributed by atoms with Crippen LogP contribution in [0.5, 0.6) is 11.5 Å². The fourth-order valence-corrected chi connectivity index (χ4v) is 7.30. The number of aromatic nitrogens is 2. The summed E-state index contributed by atoms with van der Waals surface area (Å²) in [6.45, 7) is 0. The third-order valence-corrected chi connectivity index (χ3v) is 10.0. The van der Waals surface area contributed by atoms with E-state index in [0.29, 0.717) is 48.7 Å². The number of phenols is 2. The molecule has 8 rings (SSSR count). The fraction of sp³-hybridized carbons (Fsp3) is 0. The predicted molar refractivity (Wildman–Crippen MR) is 211 cm³/mol. The van der Waals surface area contributed by atoms with Crippen LogP contribution in [0.25, 0.3) is 33.3 Å². The standard InChI is InChI=1S/C21H13BrClNO2.C21H13Cl2NO2/c22-15-5-3-4-14(12-15)18-19(23)17-6-1-2-11-24(17)20(18)21(26)13-7-9-16(25)10-8-13;22-15-8-4-13(5-9-15)18-19(23)17-3-1-2-12-24(17)20(18)21(26)14-6-10-16(25)11-7-14/h2*1-12,25H. The second-order valence-electron chi connectivity index (χ2n) is 11.8. The zero-order chi connectivity index (χ0) is 36.5. The molecule has 0 spiro atoms. The molecule has 10 heteroatoms. The van der Waals surface area contributed by atoms with E-state index in [1.54, 1.807) is 40.8 Å². The Hall–Kier alpha value is -5.31. The number of pyridine rings is 2. The van der Waals surface area contributed by atoms with E-state index in [-0.39, 0.29) is 23.1 Å². The van der Waals surface area contributed by atoms with Crippen LogP contribution in [0.4, 0.5) is 0 Å². The van der Waals surface area contributed by atoms with Gasteiger partial charge in [-0.25, -0.2) is 0 Å². The van der Waals surface area contributed by atoms with Gasteiger partial charge in [0.2, 0.25) is 11.6 Å². The van der Waals surface area contributed by atoms with Crippen molar-refractivity contribution in [3.05, 3.63) is 188 Å². The fourth-order valence-electron chi connectivity index (χ4n) is 6.07. The average Bonchev–Trinajstić information content (AvgIpc) is 3.63. The summed E-state index contributed by atoms with van der Waals surface area (Å²) in [6.07, 6.45) is 3.64. The van der Waals surface area contributed by atoms with Crippen LogP contribution >= 0.6 is 50.7 Å². The van der Waals surface area contributed by atoms with Crippen molar-refractivity contribution in [1.82, 2.24) is 8.80 Å². The molecule has 0 unspecified atom stereocenters. The van der Waals surface area contributed by atoms with Gasteiger partial charge in [0.05, 0.1) is 21.1 Å². The zero-order valence-electron chi connectivity index (χ0n) is 27.0. The number of aromatic hydroxyl groups is 2. The minimum atomic E-state index is -0.178. The van der Waals surface area contributed by atoms with E-state index in [4.69, 9.17) is 34.8 Å². The van der Waals surface area contributed by atoms with Crippen molar-refractivity contribution in [2.75, 3.05) is 0 Å². The summed E-state index contributed by atoms with van der Waals surface area (Å²) in [7, 11) is 0. The van der Waals surface area contributed by atoms with Gasteiger partial charge in [-0.1, -0.05) is 87.1 Å². The van der Waals surface area contributed by atoms with Gasteiger partial charge in [0.15, 0.2) is 0 Å². The van der Waals surface area contributed by atoms with Crippen LogP contribution in [0.15, 0.2) is 150 Å². The lowest BCUT2D eigenvalue weighted by atomic mass is 10.00. The van der Waals surface area contributed by atoms with Crippen molar-refractivity contribution in [1.29, 1.82) is 0 Å². The lowest BCUT2D eigenvalue weighted by Gasteiger charge is -2.07. The summed E-state index contributed by atoms with van der Waals surface area (Å²) in [4.78, 5) is 26.5. The van der Waals surface area contributed by atoms with Crippen LogP contribution in [0.2, 0.25) is 15.1 Å². The van der Waals surface area contributed by atoms with Gasteiger partial charge in [0.1, 0.15) is 22.9 Å². The Morgan fingerprint density at radius 1 is 0.519 bits per heavy atom. The molecule has 256 valence electrons. The molecule has 2 N–H and O–H groups in total. The van der Waals surface area contributed by atoms with Crippen molar-refractivity contribution in [2.24, 2.45) is 0 Å². The van der Waals surface area contributed by atoms with Gasteiger partial charge in [-0.15, -0.1) is 0 Å². The highest BCUT2D eigenvalue weighted by Gasteiger charge is 2.26. The van der Waals surface area contributed by atoms with Crippen LogP contribution in [0.1, 0.15) is 32.1 Å². The van der Waals surface area contributed by atoms with E-state index < -0.39 is 0 Å². The van der Waals surface area contributed by atoms with E-state index in [1.807, 2.05) is 89.6 Å².